The van der Waals surface area contributed by atoms with Crippen LogP contribution in [0, 0.1) is 0 Å². The summed E-state index contributed by atoms with van der Waals surface area (Å²) in [7, 11) is 1.88. The highest BCUT2D eigenvalue weighted by atomic mass is 16.5. The number of hydrogen-bond acceptors (Lipinski definition) is 4. The van der Waals surface area contributed by atoms with Gasteiger partial charge in [-0.2, -0.15) is 0 Å². The molecule has 7 nitrogen and oxygen atoms in total. The van der Waals surface area contributed by atoms with Crippen LogP contribution in [0.4, 0.5) is 5.69 Å². The van der Waals surface area contributed by atoms with Crippen LogP contribution in [0.1, 0.15) is 29.9 Å². The second kappa shape index (κ2) is 7.67. The summed E-state index contributed by atoms with van der Waals surface area (Å²) in [6, 6.07) is 11.4. The lowest BCUT2D eigenvalue weighted by atomic mass is 10.1. The first kappa shape index (κ1) is 18.7. The van der Waals surface area contributed by atoms with Gasteiger partial charge in [-0.05, 0) is 32.0 Å². The Labute approximate surface area is 158 Å². The van der Waals surface area contributed by atoms with E-state index in [0.29, 0.717) is 24.4 Å². The lowest BCUT2D eigenvalue weighted by Crippen LogP contribution is -2.47. The molecule has 7 heteroatoms. The number of allylic oxidation sites excluding steroid dienone is 1. The smallest absolute Gasteiger partial charge is 0.276 e. The van der Waals surface area contributed by atoms with Gasteiger partial charge in [0.25, 0.3) is 11.8 Å². The molecule has 0 bridgehead atoms. The lowest BCUT2D eigenvalue weighted by molar-refractivity contribution is -0.131. The first-order chi connectivity index (χ1) is 13.0. The third-order valence-electron chi connectivity index (χ3n) is 4.93. The number of carbonyl (C=O) groups is 2. The Bertz CT molecular complexity index is 873. The van der Waals surface area contributed by atoms with E-state index in [2.05, 4.69) is 0 Å². The number of aromatic nitrogens is 1. The summed E-state index contributed by atoms with van der Waals surface area (Å²) < 4.78 is 1.95. The van der Waals surface area contributed by atoms with Crippen molar-refractivity contribution in [2.75, 3.05) is 11.9 Å². The largest absolute Gasteiger partial charge is 0.347 e. The summed E-state index contributed by atoms with van der Waals surface area (Å²) in [6.07, 6.45) is 3.52. The van der Waals surface area contributed by atoms with Crippen LogP contribution < -0.4 is 10.4 Å². The number of hydrogen-bond donors (Lipinski definition) is 2. The van der Waals surface area contributed by atoms with Crippen molar-refractivity contribution < 1.29 is 14.8 Å². The first-order valence-electron chi connectivity index (χ1n) is 8.85. The number of benzene rings is 1. The fourth-order valence-electron chi connectivity index (χ4n) is 3.43. The number of amides is 2. The van der Waals surface area contributed by atoms with Crippen LogP contribution in [-0.4, -0.2) is 39.6 Å². The molecule has 2 amide bonds. The van der Waals surface area contributed by atoms with Crippen LogP contribution in [0.25, 0.3) is 0 Å². The van der Waals surface area contributed by atoms with Crippen LogP contribution in [0.15, 0.2) is 54.4 Å². The van der Waals surface area contributed by atoms with E-state index in [0.717, 1.165) is 11.4 Å². The number of nitrogens with one attached hydrogen (secondary N) is 1. The predicted molar refractivity (Wildman–Crippen MR) is 102 cm³/mol. The Balaban J connectivity index is 1.84. The monoisotopic (exact) mass is 368 g/mol. The van der Waals surface area contributed by atoms with Gasteiger partial charge in [0.05, 0.1) is 12.1 Å². The molecular weight excluding hydrogens is 344 g/mol. The molecule has 2 heterocycles. The van der Waals surface area contributed by atoms with Crippen molar-refractivity contribution in [3.63, 3.8) is 0 Å². The molecule has 0 saturated carbocycles. The summed E-state index contributed by atoms with van der Waals surface area (Å²) in [6.45, 7) is 4.83. The molecule has 2 N–H and O–H groups in total. The molecule has 1 aliphatic heterocycles. The van der Waals surface area contributed by atoms with Crippen molar-refractivity contribution in [1.82, 2.24) is 14.9 Å². The molecule has 1 atom stereocenters. The Hall–Kier alpha value is -3.06. The lowest BCUT2D eigenvalue weighted by Gasteiger charge is -2.36. The third-order valence-corrected chi connectivity index (χ3v) is 4.93. The van der Waals surface area contributed by atoms with Gasteiger partial charge < -0.3 is 14.4 Å². The number of para-hydroxylation sites is 1. The van der Waals surface area contributed by atoms with E-state index in [1.165, 1.54) is 0 Å². The number of hydroxylamine groups is 1. The number of carbonyl (C=O) groups excluding carboxylic acids is 2. The summed E-state index contributed by atoms with van der Waals surface area (Å²) in [5.74, 6) is -0.614. The molecule has 1 aromatic heterocycles. The van der Waals surface area contributed by atoms with Crippen molar-refractivity contribution in [2.45, 2.75) is 33.0 Å². The number of rotatable bonds is 4. The van der Waals surface area contributed by atoms with Crippen LogP contribution in [0.5, 0.6) is 0 Å². The molecule has 3 rings (SSSR count). The predicted octanol–water partition coefficient (Wildman–Crippen LogP) is 2.38. The normalized spacial score (nSPS) is 16.7. The van der Waals surface area contributed by atoms with E-state index < -0.39 is 5.91 Å². The van der Waals surface area contributed by atoms with Gasteiger partial charge in [0.2, 0.25) is 0 Å². The second-order valence-electron chi connectivity index (χ2n) is 6.66. The van der Waals surface area contributed by atoms with E-state index in [-0.39, 0.29) is 11.9 Å². The van der Waals surface area contributed by atoms with Gasteiger partial charge in [0, 0.05) is 37.2 Å². The maximum Gasteiger partial charge on any atom is 0.276 e. The molecule has 27 heavy (non-hydrogen) atoms. The Morgan fingerprint density at radius 3 is 2.63 bits per heavy atom. The number of anilines is 1. The van der Waals surface area contributed by atoms with Crippen molar-refractivity contribution in [2.24, 2.45) is 0 Å². The van der Waals surface area contributed by atoms with Gasteiger partial charge in [-0.25, -0.2) is 5.48 Å². The van der Waals surface area contributed by atoms with Crippen LogP contribution in [0.3, 0.4) is 0 Å². The minimum absolute atomic E-state index is 0.0263. The van der Waals surface area contributed by atoms with Crippen LogP contribution in [-0.2, 0) is 17.9 Å². The Morgan fingerprint density at radius 2 is 2.00 bits per heavy atom. The number of fused-ring (bicyclic) bond motifs is 1. The zero-order valence-corrected chi connectivity index (χ0v) is 15.7. The van der Waals surface area contributed by atoms with E-state index in [1.54, 1.807) is 17.7 Å². The Kier molecular flexibility index (Phi) is 5.32. The number of nitrogens with zero attached hydrogens (tertiary/aromatic N) is 3. The molecule has 0 saturated heterocycles. The van der Waals surface area contributed by atoms with E-state index in [1.807, 2.05) is 71.7 Å². The fourth-order valence-corrected chi connectivity index (χ4v) is 3.43. The third kappa shape index (κ3) is 3.59. The van der Waals surface area contributed by atoms with E-state index >= 15 is 0 Å². The topological polar surface area (TPSA) is 77.8 Å². The molecule has 0 fully saturated rings. The van der Waals surface area contributed by atoms with Crippen molar-refractivity contribution >= 4 is 17.5 Å². The highest BCUT2D eigenvalue weighted by molar-refractivity contribution is 5.97. The SMILES string of the molecule is C/C=C(/C(=O)N1Cc2cc(C(=O)NO)cn2CC1C)N(C)c1ccccc1. The van der Waals surface area contributed by atoms with Gasteiger partial charge in [-0.3, -0.25) is 14.8 Å². The second-order valence-corrected chi connectivity index (χ2v) is 6.66. The zero-order chi connectivity index (χ0) is 19.6. The average Bonchev–Trinajstić information content (AvgIpc) is 3.10. The standard InChI is InChI=1S/C20H24N4O3/c1-4-18(22(3)16-8-6-5-7-9-16)20(26)24-13-17-10-15(19(25)21-27)12-23(17)11-14(24)2/h4-10,12,14,27H,11,13H2,1-3H3,(H,21,25)/b18-4-. The van der Waals surface area contributed by atoms with Crippen molar-refractivity contribution in [3.05, 3.63) is 65.6 Å². The molecule has 1 aromatic carbocycles. The van der Waals surface area contributed by atoms with Gasteiger partial charge in [-0.1, -0.05) is 24.3 Å². The molecule has 2 aromatic rings. The molecule has 0 aliphatic carbocycles. The quantitative estimate of drug-likeness (QED) is 0.493. The highest BCUT2D eigenvalue weighted by Crippen LogP contribution is 2.25. The van der Waals surface area contributed by atoms with Gasteiger partial charge in [-0.15, -0.1) is 0 Å². The van der Waals surface area contributed by atoms with Gasteiger partial charge >= 0.3 is 0 Å². The molecule has 0 radical (unpaired) electrons. The summed E-state index contributed by atoms with van der Waals surface area (Å²) in [4.78, 5) is 28.6. The first-order valence-corrected chi connectivity index (χ1v) is 8.85. The Morgan fingerprint density at radius 1 is 1.30 bits per heavy atom. The molecule has 1 unspecified atom stereocenters. The van der Waals surface area contributed by atoms with Gasteiger partial charge in [0.15, 0.2) is 0 Å². The number of likely N-dealkylation sites (N-methyl/N-ethyl adjacent to an activating group) is 1. The summed E-state index contributed by atoms with van der Waals surface area (Å²) in [5.41, 5.74) is 4.42. The van der Waals surface area contributed by atoms with Crippen LogP contribution >= 0.6 is 0 Å². The minimum atomic E-state index is -0.555. The summed E-state index contributed by atoms with van der Waals surface area (Å²) in [5, 5.41) is 8.83. The van der Waals surface area contributed by atoms with Gasteiger partial charge in [0.1, 0.15) is 5.70 Å². The summed E-state index contributed by atoms with van der Waals surface area (Å²) >= 11 is 0. The maximum atomic E-state index is 13.2. The maximum absolute atomic E-state index is 13.2. The van der Waals surface area contributed by atoms with E-state index in [9.17, 15) is 9.59 Å². The zero-order valence-electron chi connectivity index (χ0n) is 15.7. The minimum Gasteiger partial charge on any atom is -0.347 e. The highest BCUT2D eigenvalue weighted by Gasteiger charge is 2.31. The molecular formula is C20H24N4O3. The average molecular weight is 368 g/mol. The molecule has 1 aliphatic rings. The molecule has 142 valence electrons. The molecule has 0 spiro atoms. The van der Waals surface area contributed by atoms with Crippen LogP contribution in [0.2, 0.25) is 0 Å². The fraction of sp³-hybridized carbons (Fsp3) is 0.300. The van der Waals surface area contributed by atoms with E-state index in [4.69, 9.17) is 5.21 Å². The van der Waals surface area contributed by atoms with Crippen molar-refractivity contribution in [3.8, 4) is 0 Å². The van der Waals surface area contributed by atoms with Crippen molar-refractivity contribution in [1.29, 1.82) is 0 Å².